The molecule has 1 aromatic heterocycles. The molecule has 17 heavy (non-hydrogen) atoms. The van der Waals surface area contributed by atoms with Gasteiger partial charge in [0.1, 0.15) is 0 Å². The highest BCUT2D eigenvalue weighted by atomic mass is 35.5. The molecule has 2 unspecified atom stereocenters. The first-order valence-electron chi connectivity index (χ1n) is 5.90. The summed E-state index contributed by atoms with van der Waals surface area (Å²) in [5, 5.41) is 6.72. The summed E-state index contributed by atoms with van der Waals surface area (Å²) in [5.74, 6) is 1.69. The monoisotopic (exact) mass is 271 g/mol. The first-order valence-corrected chi connectivity index (χ1v) is 7.10. The third kappa shape index (κ3) is 3.89. The van der Waals surface area contributed by atoms with Crippen LogP contribution >= 0.6 is 22.9 Å². The number of nitrogens with one attached hydrogen (secondary N) is 2. The molecule has 0 amide bonds. The molecule has 5 heteroatoms. The van der Waals surface area contributed by atoms with Gasteiger partial charge >= 0.3 is 0 Å². The van der Waals surface area contributed by atoms with Crippen molar-refractivity contribution in [3.8, 4) is 0 Å². The summed E-state index contributed by atoms with van der Waals surface area (Å²) in [4.78, 5) is 5.51. The van der Waals surface area contributed by atoms with E-state index in [0.29, 0.717) is 6.04 Å². The molecule has 2 N–H and O–H groups in total. The number of halogens is 1. The zero-order chi connectivity index (χ0) is 12.3. The van der Waals surface area contributed by atoms with Gasteiger partial charge in [-0.1, -0.05) is 18.5 Å². The van der Waals surface area contributed by atoms with E-state index in [1.807, 2.05) is 13.1 Å². The lowest BCUT2D eigenvalue weighted by molar-refractivity contribution is 0.760. The molecule has 0 aromatic carbocycles. The first-order chi connectivity index (χ1) is 8.19. The van der Waals surface area contributed by atoms with Crippen LogP contribution < -0.4 is 10.6 Å². The summed E-state index contributed by atoms with van der Waals surface area (Å²) in [6.07, 6.45) is 2.24. The van der Waals surface area contributed by atoms with Gasteiger partial charge in [-0.15, -0.1) is 11.3 Å². The topological polar surface area (TPSA) is 36.4 Å². The highest BCUT2D eigenvalue weighted by Gasteiger charge is 2.33. The summed E-state index contributed by atoms with van der Waals surface area (Å²) in [5.41, 5.74) is 0. The van der Waals surface area contributed by atoms with Crippen LogP contribution in [0.2, 0.25) is 4.34 Å². The van der Waals surface area contributed by atoms with Crippen LogP contribution in [0.25, 0.3) is 0 Å². The number of hydrogen-bond donors (Lipinski definition) is 2. The van der Waals surface area contributed by atoms with Gasteiger partial charge in [-0.25, -0.2) is 0 Å². The van der Waals surface area contributed by atoms with Crippen LogP contribution in [-0.4, -0.2) is 25.6 Å². The van der Waals surface area contributed by atoms with Crippen molar-refractivity contribution < 1.29 is 0 Å². The Morgan fingerprint density at radius 3 is 2.88 bits per heavy atom. The molecule has 0 radical (unpaired) electrons. The molecule has 2 atom stereocenters. The second-order valence-corrected chi connectivity index (χ2v) is 6.22. The Morgan fingerprint density at radius 1 is 1.59 bits per heavy atom. The summed E-state index contributed by atoms with van der Waals surface area (Å²) in [6.45, 7) is 3.14. The van der Waals surface area contributed by atoms with Crippen LogP contribution in [0, 0.1) is 5.92 Å². The van der Waals surface area contributed by atoms with Crippen molar-refractivity contribution in [1.82, 2.24) is 10.6 Å². The zero-order valence-corrected chi connectivity index (χ0v) is 11.7. The molecular weight excluding hydrogens is 254 g/mol. The fraction of sp³-hybridized carbons (Fsp3) is 0.583. The number of guanidine groups is 1. The molecule has 1 aliphatic rings. The Kier molecular flexibility index (Phi) is 4.29. The van der Waals surface area contributed by atoms with Crippen molar-refractivity contribution in [1.29, 1.82) is 0 Å². The van der Waals surface area contributed by atoms with Crippen molar-refractivity contribution in [2.24, 2.45) is 10.9 Å². The van der Waals surface area contributed by atoms with E-state index in [0.717, 1.165) is 29.2 Å². The molecule has 94 valence electrons. The van der Waals surface area contributed by atoms with E-state index in [2.05, 4.69) is 28.6 Å². The van der Waals surface area contributed by atoms with E-state index in [9.17, 15) is 0 Å². The Morgan fingerprint density at radius 2 is 2.35 bits per heavy atom. The van der Waals surface area contributed by atoms with Crippen LogP contribution in [0.4, 0.5) is 0 Å². The minimum atomic E-state index is 0.609. The lowest BCUT2D eigenvalue weighted by atomic mass is 10.3. The van der Waals surface area contributed by atoms with Crippen LogP contribution in [-0.2, 0) is 6.42 Å². The normalized spacial score (nSPS) is 23.6. The summed E-state index contributed by atoms with van der Waals surface area (Å²) in [7, 11) is 1.81. The molecule has 1 aromatic rings. The summed E-state index contributed by atoms with van der Waals surface area (Å²) in [6, 6.07) is 4.63. The van der Waals surface area contributed by atoms with Gasteiger partial charge < -0.3 is 10.6 Å². The average Bonchev–Trinajstić information content (AvgIpc) is 2.82. The lowest BCUT2D eigenvalue weighted by Gasteiger charge is -2.10. The second-order valence-electron chi connectivity index (χ2n) is 4.42. The molecule has 1 fully saturated rings. The van der Waals surface area contributed by atoms with Gasteiger partial charge in [0, 0.05) is 24.5 Å². The maximum absolute atomic E-state index is 5.88. The van der Waals surface area contributed by atoms with Gasteiger partial charge in [-0.3, -0.25) is 4.99 Å². The van der Waals surface area contributed by atoms with Crippen molar-refractivity contribution in [3.05, 3.63) is 21.3 Å². The first kappa shape index (κ1) is 12.7. The molecule has 1 heterocycles. The number of thiophene rings is 1. The minimum absolute atomic E-state index is 0.609. The van der Waals surface area contributed by atoms with Gasteiger partial charge in [0.25, 0.3) is 0 Å². The maximum atomic E-state index is 5.88. The quantitative estimate of drug-likeness (QED) is 0.652. The van der Waals surface area contributed by atoms with Crippen LogP contribution in [0.15, 0.2) is 17.1 Å². The molecular formula is C12H18ClN3S. The van der Waals surface area contributed by atoms with Crippen molar-refractivity contribution in [2.75, 3.05) is 13.6 Å². The highest BCUT2D eigenvalue weighted by molar-refractivity contribution is 7.16. The van der Waals surface area contributed by atoms with E-state index < -0.39 is 0 Å². The van der Waals surface area contributed by atoms with E-state index in [-0.39, 0.29) is 0 Å². The van der Waals surface area contributed by atoms with E-state index in [1.54, 1.807) is 11.3 Å². The molecule has 0 spiro atoms. The highest BCUT2D eigenvalue weighted by Crippen LogP contribution is 2.28. The van der Waals surface area contributed by atoms with Crippen molar-refractivity contribution in [3.63, 3.8) is 0 Å². The van der Waals surface area contributed by atoms with Gasteiger partial charge in [-0.2, -0.15) is 0 Å². The summed E-state index contributed by atoms with van der Waals surface area (Å²) >= 11 is 7.52. The fourth-order valence-corrected chi connectivity index (χ4v) is 2.77. The minimum Gasteiger partial charge on any atom is -0.356 e. The fourth-order valence-electron chi connectivity index (χ4n) is 1.68. The predicted octanol–water partition coefficient (Wildman–Crippen LogP) is 2.52. The van der Waals surface area contributed by atoms with E-state index >= 15 is 0 Å². The predicted molar refractivity (Wildman–Crippen MR) is 75.1 cm³/mol. The van der Waals surface area contributed by atoms with E-state index in [4.69, 9.17) is 11.6 Å². The van der Waals surface area contributed by atoms with Gasteiger partial charge in [-0.05, 0) is 30.9 Å². The number of aliphatic imine (C=N–C) groups is 1. The van der Waals surface area contributed by atoms with Crippen molar-refractivity contribution in [2.45, 2.75) is 25.8 Å². The van der Waals surface area contributed by atoms with Crippen molar-refractivity contribution >= 4 is 28.9 Å². The molecule has 3 nitrogen and oxygen atoms in total. The Labute approximate surface area is 111 Å². The van der Waals surface area contributed by atoms with Crippen LogP contribution in [0.5, 0.6) is 0 Å². The smallest absolute Gasteiger partial charge is 0.191 e. The SMILES string of the molecule is CN=C(NCCc1ccc(Cl)s1)NC1CC1C. The number of hydrogen-bond acceptors (Lipinski definition) is 2. The molecule has 2 rings (SSSR count). The van der Waals surface area contributed by atoms with Gasteiger partial charge in [0.15, 0.2) is 5.96 Å². The molecule has 1 aliphatic carbocycles. The molecule has 0 aliphatic heterocycles. The Hall–Kier alpha value is -0.740. The van der Waals surface area contributed by atoms with Crippen LogP contribution in [0.3, 0.4) is 0 Å². The molecule has 0 saturated heterocycles. The standard InChI is InChI=1S/C12H18ClN3S/c1-8-7-10(8)16-12(14-2)15-6-5-9-3-4-11(13)17-9/h3-4,8,10H,5-7H2,1-2H3,(H2,14,15,16). The van der Waals surface area contributed by atoms with Crippen LogP contribution in [0.1, 0.15) is 18.2 Å². The Balaban J connectivity index is 1.69. The van der Waals surface area contributed by atoms with Gasteiger partial charge in [0.05, 0.1) is 4.34 Å². The maximum Gasteiger partial charge on any atom is 0.191 e. The third-order valence-electron chi connectivity index (χ3n) is 2.95. The number of nitrogens with zero attached hydrogens (tertiary/aromatic N) is 1. The third-order valence-corrected chi connectivity index (χ3v) is 4.24. The largest absolute Gasteiger partial charge is 0.356 e. The Bertz CT molecular complexity index is 402. The number of rotatable bonds is 4. The second kappa shape index (κ2) is 5.74. The molecule has 0 bridgehead atoms. The lowest BCUT2D eigenvalue weighted by Crippen LogP contribution is -2.39. The molecule has 1 saturated carbocycles. The summed E-state index contributed by atoms with van der Waals surface area (Å²) < 4.78 is 0.856. The van der Waals surface area contributed by atoms with Gasteiger partial charge in [0.2, 0.25) is 0 Å². The average molecular weight is 272 g/mol. The zero-order valence-electron chi connectivity index (χ0n) is 10.2. The van der Waals surface area contributed by atoms with E-state index in [1.165, 1.54) is 11.3 Å².